The molecule has 14 heavy (non-hydrogen) atoms. The van der Waals surface area contributed by atoms with Gasteiger partial charge in [0.05, 0.1) is 19.0 Å². The predicted molar refractivity (Wildman–Crippen MR) is 54.9 cm³/mol. The molecule has 1 unspecified atom stereocenters. The molecule has 2 rings (SSSR count). The van der Waals surface area contributed by atoms with Crippen molar-refractivity contribution in [1.82, 2.24) is 5.32 Å². The Balaban J connectivity index is 1.91. The number of nitrogens with one attached hydrogen (secondary N) is 1. The highest BCUT2D eigenvalue weighted by molar-refractivity contribution is 5.08. The first-order valence-electron chi connectivity index (χ1n) is 5.57. The number of hydrogen-bond acceptors (Lipinski definition) is 3. The van der Waals surface area contributed by atoms with E-state index in [1.54, 1.807) is 6.26 Å². The third kappa shape index (κ3) is 2.28. The molecule has 0 bridgehead atoms. The molecule has 1 fully saturated rings. The van der Waals surface area contributed by atoms with Gasteiger partial charge in [0.15, 0.2) is 0 Å². The van der Waals surface area contributed by atoms with Crippen molar-refractivity contribution in [3.05, 3.63) is 11.8 Å². The fourth-order valence-electron chi connectivity index (χ4n) is 2.26. The Labute approximate surface area is 85.1 Å². The summed E-state index contributed by atoms with van der Waals surface area (Å²) in [6.45, 7) is 2.88. The fourth-order valence-corrected chi connectivity index (χ4v) is 2.26. The number of rotatable bonds is 2. The molecule has 2 heterocycles. The molecule has 0 aromatic rings. The standard InChI is InChI=1S/C11H19NO2/c13-11(9-3-5-12-6-4-9)10-2-1-7-14-8-10/h8-9,11-13H,1-7H2. The molecule has 3 heteroatoms. The maximum Gasteiger partial charge on any atom is 0.0876 e. The van der Waals surface area contributed by atoms with Crippen LogP contribution in [0.2, 0.25) is 0 Å². The Morgan fingerprint density at radius 3 is 2.86 bits per heavy atom. The summed E-state index contributed by atoms with van der Waals surface area (Å²) in [4.78, 5) is 0. The summed E-state index contributed by atoms with van der Waals surface area (Å²) in [7, 11) is 0. The van der Waals surface area contributed by atoms with Crippen LogP contribution < -0.4 is 5.32 Å². The van der Waals surface area contributed by atoms with Crippen LogP contribution in [-0.2, 0) is 4.74 Å². The van der Waals surface area contributed by atoms with Gasteiger partial charge in [-0.1, -0.05) is 0 Å². The SMILES string of the molecule is OC(C1=COCCC1)C1CCNCC1. The minimum atomic E-state index is -0.266. The van der Waals surface area contributed by atoms with Crippen molar-refractivity contribution >= 4 is 0 Å². The van der Waals surface area contributed by atoms with Crippen molar-refractivity contribution in [2.24, 2.45) is 5.92 Å². The second kappa shape index (κ2) is 4.80. The van der Waals surface area contributed by atoms with Crippen LogP contribution in [0.4, 0.5) is 0 Å². The van der Waals surface area contributed by atoms with Gasteiger partial charge >= 0.3 is 0 Å². The third-order valence-corrected chi connectivity index (χ3v) is 3.17. The Bertz CT molecular complexity index is 209. The van der Waals surface area contributed by atoms with Crippen LogP contribution >= 0.6 is 0 Å². The Kier molecular flexibility index (Phi) is 3.43. The van der Waals surface area contributed by atoms with E-state index in [0.717, 1.165) is 51.0 Å². The molecule has 0 amide bonds. The van der Waals surface area contributed by atoms with E-state index in [9.17, 15) is 5.11 Å². The highest BCUT2D eigenvalue weighted by Gasteiger charge is 2.25. The van der Waals surface area contributed by atoms with Gasteiger partial charge in [0, 0.05) is 0 Å². The van der Waals surface area contributed by atoms with Crippen LogP contribution in [0.1, 0.15) is 25.7 Å². The first kappa shape index (κ1) is 9.99. The molecule has 1 atom stereocenters. The number of aliphatic hydroxyl groups is 1. The zero-order chi connectivity index (χ0) is 9.80. The molecule has 2 aliphatic heterocycles. The fraction of sp³-hybridized carbons (Fsp3) is 0.818. The average Bonchev–Trinajstić information content (AvgIpc) is 2.30. The van der Waals surface area contributed by atoms with Crippen LogP contribution in [0.5, 0.6) is 0 Å². The number of ether oxygens (including phenoxy) is 1. The van der Waals surface area contributed by atoms with Crippen LogP contribution in [0.15, 0.2) is 11.8 Å². The van der Waals surface area contributed by atoms with E-state index in [1.807, 2.05) is 0 Å². The molecule has 3 nitrogen and oxygen atoms in total. The smallest absolute Gasteiger partial charge is 0.0876 e. The van der Waals surface area contributed by atoms with Gasteiger partial charge in [-0.3, -0.25) is 0 Å². The maximum atomic E-state index is 10.1. The highest BCUT2D eigenvalue weighted by Crippen LogP contribution is 2.26. The summed E-state index contributed by atoms with van der Waals surface area (Å²) in [5.41, 5.74) is 1.10. The molecular formula is C11H19NO2. The minimum absolute atomic E-state index is 0.266. The average molecular weight is 197 g/mol. The van der Waals surface area contributed by atoms with Gasteiger partial charge in [-0.25, -0.2) is 0 Å². The van der Waals surface area contributed by atoms with Crippen molar-refractivity contribution in [3.63, 3.8) is 0 Å². The first-order valence-corrected chi connectivity index (χ1v) is 5.57. The molecule has 0 aliphatic carbocycles. The quantitative estimate of drug-likeness (QED) is 0.695. The molecule has 0 spiro atoms. The predicted octanol–water partition coefficient (Wildman–Crippen LogP) is 1.04. The molecule has 80 valence electrons. The summed E-state index contributed by atoms with van der Waals surface area (Å²) >= 11 is 0. The number of aliphatic hydroxyl groups excluding tert-OH is 1. The normalized spacial score (nSPS) is 26.5. The highest BCUT2D eigenvalue weighted by atomic mass is 16.5. The molecule has 0 saturated carbocycles. The van der Waals surface area contributed by atoms with Crippen LogP contribution in [0.25, 0.3) is 0 Å². The second-order valence-electron chi connectivity index (χ2n) is 4.20. The molecule has 1 saturated heterocycles. The molecule has 0 aromatic carbocycles. The zero-order valence-corrected chi connectivity index (χ0v) is 8.54. The zero-order valence-electron chi connectivity index (χ0n) is 8.54. The van der Waals surface area contributed by atoms with E-state index >= 15 is 0 Å². The molecule has 2 N–H and O–H groups in total. The lowest BCUT2D eigenvalue weighted by Crippen LogP contribution is -2.35. The summed E-state index contributed by atoms with van der Waals surface area (Å²) in [5.74, 6) is 0.434. The van der Waals surface area contributed by atoms with E-state index in [-0.39, 0.29) is 6.10 Å². The van der Waals surface area contributed by atoms with Crippen LogP contribution in [0, 0.1) is 5.92 Å². The number of hydrogen-bond donors (Lipinski definition) is 2. The second-order valence-corrected chi connectivity index (χ2v) is 4.20. The molecule has 0 radical (unpaired) electrons. The summed E-state index contributed by atoms with van der Waals surface area (Å²) in [6.07, 6.45) is 5.73. The van der Waals surface area contributed by atoms with Gasteiger partial charge in [0.1, 0.15) is 0 Å². The van der Waals surface area contributed by atoms with E-state index in [1.165, 1.54) is 0 Å². The van der Waals surface area contributed by atoms with E-state index in [4.69, 9.17) is 4.74 Å². The maximum absolute atomic E-state index is 10.1. The molecular weight excluding hydrogens is 178 g/mol. The Morgan fingerprint density at radius 2 is 2.21 bits per heavy atom. The summed E-state index contributed by atoms with van der Waals surface area (Å²) < 4.78 is 5.26. The lowest BCUT2D eigenvalue weighted by Gasteiger charge is -2.29. The van der Waals surface area contributed by atoms with E-state index in [2.05, 4.69) is 5.32 Å². The monoisotopic (exact) mass is 197 g/mol. The van der Waals surface area contributed by atoms with Gasteiger partial charge in [0.2, 0.25) is 0 Å². The Hall–Kier alpha value is -0.540. The molecule has 2 aliphatic rings. The van der Waals surface area contributed by atoms with Gasteiger partial charge in [-0.2, -0.15) is 0 Å². The lowest BCUT2D eigenvalue weighted by molar-refractivity contribution is 0.102. The lowest BCUT2D eigenvalue weighted by atomic mass is 9.86. The van der Waals surface area contributed by atoms with Crippen molar-refractivity contribution in [3.8, 4) is 0 Å². The molecule has 0 aromatic heterocycles. The number of piperidine rings is 1. The van der Waals surface area contributed by atoms with Crippen molar-refractivity contribution in [2.45, 2.75) is 31.8 Å². The van der Waals surface area contributed by atoms with Gasteiger partial charge < -0.3 is 15.2 Å². The first-order chi connectivity index (χ1) is 6.88. The minimum Gasteiger partial charge on any atom is -0.501 e. The largest absolute Gasteiger partial charge is 0.501 e. The van der Waals surface area contributed by atoms with Crippen LogP contribution in [0.3, 0.4) is 0 Å². The van der Waals surface area contributed by atoms with E-state index < -0.39 is 0 Å². The van der Waals surface area contributed by atoms with E-state index in [0.29, 0.717) is 5.92 Å². The third-order valence-electron chi connectivity index (χ3n) is 3.17. The summed E-state index contributed by atoms with van der Waals surface area (Å²) in [6, 6.07) is 0. The van der Waals surface area contributed by atoms with Crippen molar-refractivity contribution in [1.29, 1.82) is 0 Å². The summed E-state index contributed by atoms with van der Waals surface area (Å²) in [5, 5.41) is 13.4. The van der Waals surface area contributed by atoms with Crippen LogP contribution in [-0.4, -0.2) is 30.9 Å². The van der Waals surface area contributed by atoms with Gasteiger partial charge in [-0.05, 0) is 50.3 Å². The Morgan fingerprint density at radius 1 is 1.43 bits per heavy atom. The van der Waals surface area contributed by atoms with Crippen molar-refractivity contribution in [2.75, 3.05) is 19.7 Å². The topological polar surface area (TPSA) is 41.5 Å². The van der Waals surface area contributed by atoms with Gasteiger partial charge in [0.25, 0.3) is 0 Å². The van der Waals surface area contributed by atoms with Gasteiger partial charge in [-0.15, -0.1) is 0 Å². The van der Waals surface area contributed by atoms with Crippen molar-refractivity contribution < 1.29 is 9.84 Å².